The molecule has 0 spiro atoms. The molecule has 0 unspecified atom stereocenters. The van der Waals surface area contributed by atoms with Gasteiger partial charge in [0.1, 0.15) is 11.3 Å². The zero-order valence-electron chi connectivity index (χ0n) is 13.5. The molecule has 120 valence electrons. The van der Waals surface area contributed by atoms with Crippen LogP contribution in [0.1, 0.15) is 32.8 Å². The van der Waals surface area contributed by atoms with E-state index in [4.69, 9.17) is 4.74 Å². The summed E-state index contributed by atoms with van der Waals surface area (Å²) in [6.45, 7) is 5.26. The van der Waals surface area contributed by atoms with Crippen LogP contribution in [0.4, 0.5) is 4.79 Å². The highest BCUT2D eigenvalue weighted by molar-refractivity contribution is 5.92. The predicted octanol–water partition coefficient (Wildman–Crippen LogP) is 3.20. The number of ether oxygens (including phenoxy) is 2. The quantitative estimate of drug-likeness (QED) is 0.670. The molecule has 1 aromatic carbocycles. The molecule has 0 radical (unpaired) electrons. The molecule has 0 aliphatic rings. The molecule has 0 aliphatic carbocycles. The molecule has 0 atom stereocenters. The summed E-state index contributed by atoms with van der Waals surface area (Å²) in [5.74, 6) is -0.598. The lowest BCUT2D eigenvalue weighted by Crippen LogP contribution is -2.34. The second-order valence-corrected chi connectivity index (χ2v) is 5.76. The average molecular weight is 305 g/mol. The van der Waals surface area contributed by atoms with Gasteiger partial charge >= 0.3 is 12.1 Å². The Labute approximate surface area is 131 Å². The Hall–Kier alpha value is -2.30. The van der Waals surface area contributed by atoms with Crippen LogP contribution in [0, 0.1) is 0 Å². The van der Waals surface area contributed by atoms with E-state index in [2.05, 4.69) is 10.1 Å². The monoisotopic (exact) mass is 305 g/mol. The van der Waals surface area contributed by atoms with Crippen molar-refractivity contribution < 1.29 is 19.1 Å². The zero-order valence-corrected chi connectivity index (χ0v) is 13.5. The summed E-state index contributed by atoms with van der Waals surface area (Å²) in [7, 11) is 1.27. The smallest absolute Gasteiger partial charge is 0.412 e. The fraction of sp³-hybridized carbons (Fsp3) is 0.412. The second kappa shape index (κ2) is 8.22. The van der Waals surface area contributed by atoms with Crippen molar-refractivity contribution in [2.75, 3.05) is 7.11 Å². The Morgan fingerprint density at radius 1 is 1.18 bits per heavy atom. The SMILES string of the molecule is COC(=O)C(=CCCc1ccccc1)NC(=O)OC(C)(C)C. The molecule has 1 amide bonds. The maximum absolute atomic E-state index is 11.7. The van der Waals surface area contributed by atoms with E-state index in [9.17, 15) is 9.59 Å². The fourth-order valence-electron chi connectivity index (χ4n) is 1.74. The van der Waals surface area contributed by atoms with Crippen molar-refractivity contribution in [2.45, 2.75) is 39.2 Å². The number of nitrogens with one attached hydrogen (secondary N) is 1. The van der Waals surface area contributed by atoms with Crippen LogP contribution >= 0.6 is 0 Å². The van der Waals surface area contributed by atoms with E-state index in [1.54, 1.807) is 26.8 Å². The van der Waals surface area contributed by atoms with E-state index < -0.39 is 17.7 Å². The molecule has 0 heterocycles. The summed E-state index contributed by atoms with van der Waals surface area (Å²) in [5.41, 5.74) is 0.614. The summed E-state index contributed by atoms with van der Waals surface area (Å²) in [6, 6.07) is 9.88. The summed E-state index contributed by atoms with van der Waals surface area (Å²) < 4.78 is 9.80. The minimum atomic E-state index is -0.677. The Kier molecular flexibility index (Phi) is 6.63. The lowest BCUT2D eigenvalue weighted by molar-refractivity contribution is -0.136. The number of allylic oxidation sites excluding steroid dienone is 1. The first-order valence-corrected chi connectivity index (χ1v) is 7.14. The number of carbonyl (C=O) groups is 2. The van der Waals surface area contributed by atoms with Crippen LogP contribution in [0.3, 0.4) is 0 Å². The molecule has 0 saturated heterocycles. The van der Waals surface area contributed by atoms with Gasteiger partial charge in [-0.3, -0.25) is 5.32 Å². The van der Waals surface area contributed by atoms with Gasteiger partial charge in [-0.15, -0.1) is 0 Å². The standard InChI is InChI=1S/C17H23NO4/c1-17(2,3)22-16(20)18-14(15(19)21-4)12-8-11-13-9-6-5-7-10-13/h5-7,9-10,12H,8,11H2,1-4H3,(H,18,20). The van der Waals surface area contributed by atoms with Crippen LogP contribution in [0.5, 0.6) is 0 Å². The number of methoxy groups -OCH3 is 1. The minimum absolute atomic E-state index is 0.0904. The molecule has 1 aromatic rings. The van der Waals surface area contributed by atoms with Gasteiger partial charge in [0.2, 0.25) is 0 Å². The van der Waals surface area contributed by atoms with Crippen molar-refractivity contribution in [3.8, 4) is 0 Å². The normalized spacial score (nSPS) is 11.7. The molecule has 0 saturated carbocycles. The zero-order chi connectivity index (χ0) is 16.6. The summed E-state index contributed by atoms with van der Waals surface area (Å²) in [4.78, 5) is 23.4. The van der Waals surface area contributed by atoms with Crippen LogP contribution in [0.15, 0.2) is 42.1 Å². The van der Waals surface area contributed by atoms with Crippen molar-refractivity contribution in [3.05, 3.63) is 47.7 Å². The highest BCUT2D eigenvalue weighted by Crippen LogP contribution is 2.09. The summed E-state index contributed by atoms with van der Waals surface area (Å²) in [6.07, 6.45) is 2.33. The van der Waals surface area contributed by atoms with Crippen molar-refractivity contribution in [1.82, 2.24) is 5.32 Å². The predicted molar refractivity (Wildman–Crippen MR) is 84.2 cm³/mol. The molecule has 0 bridgehead atoms. The van der Waals surface area contributed by atoms with Crippen LogP contribution < -0.4 is 5.32 Å². The molecule has 0 aromatic heterocycles. The van der Waals surface area contributed by atoms with E-state index in [1.807, 2.05) is 30.3 Å². The summed E-state index contributed by atoms with van der Waals surface area (Å²) >= 11 is 0. The molecular formula is C17H23NO4. The van der Waals surface area contributed by atoms with E-state index in [0.717, 1.165) is 12.0 Å². The third kappa shape index (κ3) is 6.92. The number of hydrogen-bond acceptors (Lipinski definition) is 4. The number of carbonyl (C=O) groups excluding carboxylic acids is 2. The molecule has 22 heavy (non-hydrogen) atoms. The number of amides is 1. The van der Waals surface area contributed by atoms with E-state index >= 15 is 0 Å². The van der Waals surface area contributed by atoms with Gasteiger partial charge in [-0.1, -0.05) is 36.4 Å². The Bertz CT molecular complexity index is 529. The Morgan fingerprint density at radius 3 is 2.36 bits per heavy atom. The average Bonchev–Trinajstić information content (AvgIpc) is 2.44. The molecule has 0 aliphatic heterocycles. The maximum atomic E-state index is 11.7. The Balaban J connectivity index is 2.65. The first kappa shape index (κ1) is 17.8. The molecule has 1 N–H and O–H groups in total. The molecule has 0 fully saturated rings. The van der Waals surface area contributed by atoms with Crippen LogP contribution in [-0.4, -0.2) is 24.8 Å². The maximum Gasteiger partial charge on any atom is 0.412 e. The third-order valence-corrected chi connectivity index (χ3v) is 2.67. The lowest BCUT2D eigenvalue weighted by atomic mass is 10.1. The van der Waals surface area contributed by atoms with Gasteiger partial charge in [0, 0.05) is 0 Å². The molecule has 5 nitrogen and oxygen atoms in total. The number of benzene rings is 1. The fourth-order valence-corrected chi connectivity index (χ4v) is 1.74. The van der Waals surface area contributed by atoms with Gasteiger partial charge in [0.05, 0.1) is 7.11 Å². The first-order chi connectivity index (χ1) is 10.3. The molecule has 1 rings (SSSR count). The number of aryl methyl sites for hydroxylation is 1. The van der Waals surface area contributed by atoms with Gasteiger partial charge in [-0.2, -0.15) is 0 Å². The topological polar surface area (TPSA) is 64.6 Å². The number of rotatable bonds is 5. The highest BCUT2D eigenvalue weighted by atomic mass is 16.6. The first-order valence-electron chi connectivity index (χ1n) is 7.14. The van der Waals surface area contributed by atoms with Crippen molar-refractivity contribution in [3.63, 3.8) is 0 Å². The van der Waals surface area contributed by atoms with Crippen LogP contribution in [0.2, 0.25) is 0 Å². The van der Waals surface area contributed by atoms with Gasteiger partial charge in [-0.05, 0) is 39.2 Å². The lowest BCUT2D eigenvalue weighted by Gasteiger charge is -2.20. The second-order valence-electron chi connectivity index (χ2n) is 5.76. The number of alkyl carbamates (subject to hydrolysis) is 1. The van der Waals surface area contributed by atoms with E-state index in [-0.39, 0.29) is 5.70 Å². The van der Waals surface area contributed by atoms with Gasteiger partial charge < -0.3 is 9.47 Å². The van der Waals surface area contributed by atoms with Gasteiger partial charge in [0.25, 0.3) is 0 Å². The summed E-state index contributed by atoms with van der Waals surface area (Å²) in [5, 5.41) is 2.44. The number of hydrogen-bond donors (Lipinski definition) is 1. The van der Waals surface area contributed by atoms with Crippen molar-refractivity contribution >= 4 is 12.1 Å². The van der Waals surface area contributed by atoms with Gasteiger partial charge in [-0.25, -0.2) is 9.59 Å². The number of esters is 1. The van der Waals surface area contributed by atoms with E-state index in [1.165, 1.54) is 7.11 Å². The van der Waals surface area contributed by atoms with Crippen molar-refractivity contribution in [2.24, 2.45) is 0 Å². The molecular weight excluding hydrogens is 282 g/mol. The van der Waals surface area contributed by atoms with Crippen LogP contribution in [-0.2, 0) is 20.7 Å². The highest BCUT2D eigenvalue weighted by Gasteiger charge is 2.19. The van der Waals surface area contributed by atoms with Gasteiger partial charge in [0.15, 0.2) is 0 Å². The third-order valence-electron chi connectivity index (χ3n) is 2.67. The molecule has 5 heteroatoms. The van der Waals surface area contributed by atoms with E-state index in [0.29, 0.717) is 6.42 Å². The Morgan fingerprint density at radius 2 is 1.82 bits per heavy atom. The minimum Gasteiger partial charge on any atom is -0.464 e. The van der Waals surface area contributed by atoms with Crippen molar-refractivity contribution in [1.29, 1.82) is 0 Å². The largest absolute Gasteiger partial charge is 0.464 e. The van der Waals surface area contributed by atoms with Crippen LogP contribution in [0.25, 0.3) is 0 Å².